The molecule has 23 heavy (non-hydrogen) atoms. The van der Waals surface area contributed by atoms with E-state index in [9.17, 15) is 23.1 Å². The van der Waals surface area contributed by atoms with Crippen molar-refractivity contribution in [3.8, 4) is 0 Å². The molecular weight excluding hydrogens is 322 g/mol. The molecule has 0 radical (unpaired) electrons. The number of carboxylic acid groups (broad SMARTS) is 1. The predicted octanol–water partition coefficient (Wildman–Crippen LogP) is 1.41. The average molecular weight is 341 g/mol. The third-order valence-corrected chi connectivity index (χ3v) is 6.07. The number of rotatable bonds is 4. The summed E-state index contributed by atoms with van der Waals surface area (Å²) in [6.07, 6.45) is 1.56. The topological polar surface area (TPSA) is 101 Å². The fraction of sp³-hybridized carbons (Fsp3) is 0.467. The van der Waals surface area contributed by atoms with E-state index in [1.807, 2.05) is 0 Å². The van der Waals surface area contributed by atoms with Crippen LogP contribution in [0.1, 0.15) is 35.2 Å². The second-order valence-corrected chi connectivity index (χ2v) is 7.24. The third kappa shape index (κ3) is 3.23. The van der Waals surface area contributed by atoms with Gasteiger partial charge in [0.25, 0.3) is 0 Å². The molecule has 0 saturated carbocycles. The molecule has 7 nitrogen and oxygen atoms in total. The van der Waals surface area contributed by atoms with Crippen LogP contribution in [0, 0.1) is 6.92 Å². The number of nitrogens with zero attached hydrogens (tertiary/aromatic N) is 1. The molecule has 126 valence electrons. The van der Waals surface area contributed by atoms with Crippen molar-refractivity contribution in [3.63, 3.8) is 0 Å². The van der Waals surface area contributed by atoms with Crippen molar-refractivity contribution in [1.29, 1.82) is 0 Å². The van der Waals surface area contributed by atoms with Gasteiger partial charge in [-0.25, -0.2) is 13.2 Å². The van der Waals surface area contributed by atoms with Crippen LogP contribution in [0.2, 0.25) is 0 Å². The summed E-state index contributed by atoms with van der Waals surface area (Å²) in [6, 6.07) is 3.23. The Labute approximate surface area is 134 Å². The maximum atomic E-state index is 12.9. The van der Waals surface area contributed by atoms with Gasteiger partial charge in [0.2, 0.25) is 10.0 Å². The number of hydrogen-bond donors (Lipinski definition) is 1. The first kappa shape index (κ1) is 17.4. The summed E-state index contributed by atoms with van der Waals surface area (Å²) in [5.74, 6) is -1.79. The SMILES string of the molecule is COC(=O)c1cccc(S(=O)(=O)N2CCCCC2C(=O)O)c1C. The highest BCUT2D eigenvalue weighted by Crippen LogP contribution is 2.28. The molecular formula is C15H19NO6S. The molecule has 1 aliphatic heterocycles. The van der Waals surface area contributed by atoms with Crippen LogP contribution in [0.4, 0.5) is 0 Å². The minimum absolute atomic E-state index is 0.0615. The highest BCUT2D eigenvalue weighted by Gasteiger charge is 2.38. The largest absolute Gasteiger partial charge is 0.480 e. The van der Waals surface area contributed by atoms with Gasteiger partial charge >= 0.3 is 11.9 Å². The van der Waals surface area contributed by atoms with Crippen molar-refractivity contribution in [2.45, 2.75) is 37.1 Å². The molecule has 1 saturated heterocycles. The maximum Gasteiger partial charge on any atom is 0.338 e. The van der Waals surface area contributed by atoms with Gasteiger partial charge in [-0.15, -0.1) is 0 Å². The highest BCUT2D eigenvalue weighted by molar-refractivity contribution is 7.89. The van der Waals surface area contributed by atoms with Crippen LogP contribution >= 0.6 is 0 Å². The summed E-state index contributed by atoms with van der Waals surface area (Å²) in [5.41, 5.74) is 0.409. The summed E-state index contributed by atoms with van der Waals surface area (Å²) in [4.78, 5) is 23.0. The third-order valence-electron chi connectivity index (χ3n) is 4.01. The molecule has 1 fully saturated rings. The van der Waals surface area contributed by atoms with Crippen LogP contribution in [0.3, 0.4) is 0 Å². The smallest absolute Gasteiger partial charge is 0.338 e. The van der Waals surface area contributed by atoms with Crippen LogP contribution < -0.4 is 0 Å². The van der Waals surface area contributed by atoms with Gasteiger partial charge in [0.1, 0.15) is 6.04 Å². The number of sulfonamides is 1. The first-order chi connectivity index (χ1) is 10.8. The molecule has 0 aliphatic carbocycles. The molecule has 1 unspecified atom stereocenters. The van der Waals surface area contributed by atoms with Gasteiger partial charge in [0, 0.05) is 6.54 Å². The molecule has 1 aliphatic rings. The van der Waals surface area contributed by atoms with Crippen LogP contribution in [0.15, 0.2) is 23.1 Å². The Balaban J connectivity index is 2.51. The molecule has 1 heterocycles. The lowest BCUT2D eigenvalue weighted by Crippen LogP contribution is -2.48. The number of carbonyl (C=O) groups is 2. The fourth-order valence-electron chi connectivity index (χ4n) is 2.79. The zero-order valence-electron chi connectivity index (χ0n) is 13.0. The molecule has 8 heteroatoms. The number of carbonyl (C=O) groups excluding carboxylic acids is 1. The van der Waals surface area contributed by atoms with Crippen LogP contribution in [0.25, 0.3) is 0 Å². The summed E-state index contributed by atoms with van der Waals surface area (Å²) in [6.45, 7) is 1.67. The van der Waals surface area contributed by atoms with E-state index in [0.717, 1.165) is 4.31 Å². The fourth-order valence-corrected chi connectivity index (χ4v) is 4.69. The molecule has 0 spiro atoms. The number of hydrogen-bond acceptors (Lipinski definition) is 5. The summed E-state index contributed by atoms with van der Waals surface area (Å²) in [7, 11) is -2.79. The van der Waals surface area contributed by atoms with E-state index in [0.29, 0.717) is 12.8 Å². The van der Waals surface area contributed by atoms with Gasteiger partial charge in [-0.1, -0.05) is 6.07 Å². The van der Waals surface area contributed by atoms with E-state index < -0.39 is 28.0 Å². The van der Waals surface area contributed by atoms with E-state index in [1.165, 1.54) is 32.2 Å². The van der Waals surface area contributed by atoms with E-state index in [4.69, 9.17) is 0 Å². The number of ether oxygens (including phenoxy) is 1. The van der Waals surface area contributed by atoms with Gasteiger partial charge in [0.15, 0.2) is 0 Å². The number of piperidine rings is 1. The van der Waals surface area contributed by atoms with Crippen molar-refractivity contribution in [2.24, 2.45) is 0 Å². The van der Waals surface area contributed by atoms with Crippen molar-refractivity contribution >= 4 is 22.0 Å². The van der Waals surface area contributed by atoms with E-state index >= 15 is 0 Å². The Morgan fingerprint density at radius 2 is 2.00 bits per heavy atom. The molecule has 1 N–H and O–H groups in total. The van der Waals surface area contributed by atoms with Crippen LogP contribution in [-0.2, 0) is 19.6 Å². The van der Waals surface area contributed by atoms with E-state index in [1.54, 1.807) is 0 Å². The minimum Gasteiger partial charge on any atom is -0.480 e. The number of methoxy groups -OCH3 is 1. The number of benzene rings is 1. The molecule has 1 aromatic rings. The van der Waals surface area contributed by atoms with Gasteiger partial charge < -0.3 is 9.84 Å². The van der Waals surface area contributed by atoms with Crippen molar-refractivity contribution in [2.75, 3.05) is 13.7 Å². The molecule has 1 aromatic carbocycles. The standard InChI is InChI=1S/C15H19NO6S/c1-10-11(15(19)22-2)6-5-8-13(10)23(20,21)16-9-4-3-7-12(16)14(17)18/h5-6,8,12H,3-4,7,9H2,1-2H3,(H,17,18). The zero-order valence-corrected chi connectivity index (χ0v) is 13.8. The van der Waals surface area contributed by atoms with Gasteiger partial charge in [0.05, 0.1) is 17.6 Å². The first-order valence-electron chi connectivity index (χ1n) is 7.23. The lowest BCUT2D eigenvalue weighted by Gasteiger charge is -2.32. The second kappa shape index (κ2) is 6.67. The Morgan fingerprint density at radius 3 is 2.61 bits per heavy atom. The highest BCUT2D eigenvalue weighted by atomic mass is 32.2. The lowest BCUT2D eigenvalue weighted by atomic mass is 10.1. The van der Waals surface area contributed by atoms with Gasteiger partial charge in [-0.3, -0.25) is 4.79 Å². The normalized spacial score (nSPS) is 19.3. The zero-order chi connectivity index (χ0) is 17.2. The summed E-state index contributed by atoms with van der Waals surface area (Å²) >= 11 is 0. The molecule has 0 amide bonds. The monoisotopic (exact) mass is 341 g/mol. The first-order valence-corrected chi connectivity index (χ1v) is 8.67. The van der Waals surface area contributed by atoms with Gasteiger partial charge in [-0.05, 0) is 43.9 Å². The number of esters is 1. The van der Waals surface area contributed by atoms with Gasteiger partial charge in [-0.2, -0.15) is 4.31 Å². The minimum atomic E-state index is -4.01. The molecule has 1 atom stereocenters. The van der Waals surface area contributed by atoms with Crippen molar-refractivity contribution in [3.05, 3.63) is 29.3 Å². The van der Waals surface area contributed by atoms with Crippen LogP contribution in [0.5, 0.6) is 0 Å². The number of carboxylic acids is 1. The van der Waals surface area contributed by atoms with Crippen LogP contribution in [-0.4, -0.2) is 49.5 Å². The summed E-state index contributed by atoms with van der Waals surface area (Å²) in [5, 5.41) is 9.29. The van der Waals surface area contributed by atoms with E-state index in [2.05, 4.69) is 4.74 Å². The lowest BCUT2D eigenvalue weighted by molar-refractivity contribution is -0.142. The Hall–Kier alpha value is -1.93. The van der Waals surface area contributed by atoms with Crippen molar-refractivity contribution < 1.29 is 27.9 Å². The average Bonchev–Trinajstić information content (AvgIpc) is 2.54. The molecule has 2 rings (SSSR count). The predicted molar refractivity (Wildman–Crippen MR) is 81.7 cm³/mol. The second-order valence-electron chi connectivity index (χ2n) is 5.39. The Bertz CT molecular complexity index is 727. The molecule has 0 aromatic heterocycles. The van der Waals surface area contributed by atoms with E-state index in [-0.39, 0.29) is 29.0 Å². The number of aliphatic carboxylic acids is 1. The Kier molecular flexibility index (Phi) is 5.06. The Morgan fingerprint density at radius 1 is 1.30 bits per heavy atom. The van der Waals surface area contributed by atoms with Crippen molar-refractivity contribution in [1.82, 2.24) is 4.31 Å². The quantitative estimate of drug-likeness (QED) is 0.831. The summed E-state index contributed by atoms with van der Waals surface area (Å²) < 4.78 is 31.5. The molecule has 0 bridgehead atoms. The maximum absolute atomic E-state index is 12.9.